The van der Waals surface area contributed by atoms with Crippen molar-refractivity contribution in [3.63, 3.8) is 0 Å². The van der Waals surface area contributed by atoms with E-state index in [1.54, 1.807) is 50.8 Å². The van der Waals surface area contributed by atoms with Crippen LogP contribution in [-0.4, -0.2) is 46.4 Å². The number of ether oxygens (including phenoxy) is 1. The second-order valence-electron chi connectivity index (χ2n) is 8.52. The maximum atomic E-state index is 13.6. The molecule has 9 nitrogen and oxygen atoms in total. The van der Waals surface area contributed by atoms with E-state index in [0.29, 0.717) is 28.1 Å². The van der Waals surface area contributed by atoms with E-state index in [0.717, 1.165) is 0 Å². The number of anilines is 1. The molecule has 4 aromatic rings. The number of carbonyl (C=O) groups is 2. The molecular formula is C28H26FN5O4. The van der Waals surface area contributed by atoms with Gasteiger partial charge in [-0.2, -0.15) is 0 Å². The van der Waals surface area contributed by atoms with E-state index in [4.69, 9.17) is 4.74 Å². The Bertz CT molecular complexity index is 1540. The van der Waals surface area contributed by atoms with Crippen LogP contribution in [0.2, 0.25) is 0 Å². The van der Waals surface area contributed by atoms with Crippen LogP contribution in [0.15, 0.2) is 78.1 Å². The summed E-state index contributed by atoms with van der Waals surface area (Å²) in [5.74, 6) is -0.631. The van der Waals surface area contributed by atoms with Crippen molar-refractivity contribution < 1.29 is 18.7 Å². The number of amides is 1. The molecule has 0 saturated heterocycles. The number of carbonyl (C=O) groups excluding carboxylic acids is 2. The third-order valence-corrected chi connectivity index (χ3v) is 6.04. The third-order valence-electron chi connectivity index (χ3n) is 6.04. The van der Waals surface area contributed by atoms with E-state index in [1.807, 2.05) is 0 Å². The summed E-state index contributed by atoms with van der Waals surface area (Å²) in [5.41, 5.74) is 1.86. The van der Waals surface area contributed by atoms with Crippen LogP contribution >= 0.6 is 0 Å². The fraction of sp³-hybridized carbons (Fsp3) is 0.179. The minimum absolute atomic E-state index is 0.0368. The molecule has 0 aliphatic carbocycles. The number of rotatable bonds is 9. The number of methoxy groups -OCH3 is 1. The molecule has 194 valence electrons. The maximum Gasteiger partial charge on any atom is 0.275 e. The third kappa shape index (κ3) is 5.65. The summed E-state index contributed by atoms with van der Waals surface area (Å²) in [7, 11) is 3.16. The van der Waals surface area contributed by atoms with Crippen LogP contribution in [0.4, 0.5) is 10.1 Å². The van der Waals surface area contributed by atoms with Gasteiger partial charge in [-0.3, -0.25) is 24.4 Å². The monoisotopic (exact) mass is 515 g/mol. The Morgan fingerprint density at radius 1 is 1.03 bits per heavy atom. The van der Waals surface area contributed by atoms with Crippen LogP contribution in [0, 0.1) is 5.82 Å². The molecule has 0 bridgehead atoms. The molecule has 4 rings (SSSR count). The van der Waals surface area contributed by atoms with Gasteiger partial charge in [0, 0.05) is 35.9 Å². The molecule has 0 spiro atoms. The summed E-state index contributed by atoms with van der Waals surface area (Å²) in [4.78, 5) is 47.4. The van der Waals surface area contributed by atoms with Gasteiger partial charge in [-0.15, -0.1) is 0 Å². The Morgan fingerprint density at radius 2 is 1.79 bits per heavy atom. The van der Waals surface area contributed by atoms with Crippen molar-refractivity contribution in [2.75, 3.05) is 19.5 Å². The van der Waals surface area contributed by atoms with Crippen LogP contribution < -0.4 is 20.9 Å². The first-order valence-corrected chi connectivity index (χ1v) is 11.8. The highest BCUT2D eigenvalue weighted by molar-refractivity contribution is 6.08. The number of likely N-dealkylation sites (N-methyl/N-ethyl adjacent to an activating group) is 1. The van der Waals surface area contributed by atoms with E-state index < -0.39 is 17.4 Å². The number of halogens is 1. The van der Waals surface area contributed by atoms with E-state index in [-0.39, 0.29) is 29.5 Å². The zero-order valence-electron chi connectivity index (χ0n) is 21.1. The summed E-state index contributed by atoms with van der Waals surface area (Å²) in [6.07, 6.45) is 6.12. The van der Waals surface area contributed by atoms with Crippen LogP contribution in [0.1, 0.15) is 28.4 Å². The van der Waals surface area contributed by atoms with Gasteiger partial charge in [-0.25, -0.2) is 4.39 Å². The normalized spacial score (nSPS) is 11.6. The molecule has 10 heteroatoms. The second kappa shape index (κ2) is 11.6. The first kappa shape index (κ1) is 26.4. The molecular weight excluding hydrogens is 489 g/mol. The van der Waals surface area contributed by atoms with E-state index in [9.17, 15) is 18.8 Å². The minimum Gasteiger partial charge on any atom is -0.496 e. The molecule has 1 atom stereocenters. The number of ketones is 1. The Balaban J connectivity index is 1.77. The van der Waals surface area contributed by atoms with Crippen molar-refractivity contribution in [1.29, 1.82) is 0 Å². The molecule has 0 saturated carbocycles. The number of benzene rings is 1. The molecule has 2 N–H and O–H groups in total. The Labute approximate surface area is 218 Å². The predicted octanol–water partition coefficient (Wildman–Crippen LogP) is 3.28. The maximum absolute atomic E-state index is 13.6. The lowest BCUT2D eigenvalue weighted by atomic mass is 10.0. The van der Waals surface area contributed by atoms with Crippen LogP contribution in [0.3, 0.4) is 0 Å². The SMILES string of the molecule is CN[C@@H](C)C(=O)Nc1ccc(-c2cnccc2OC)n(Cc2cncc(C(=O)c3ccc(F)cc3)c2)c1=O. The van der Waals surface area contributed by atoms with Gasteiger partial charge in [-0.05, 0) is 68.1 Å². The molecule has 3 heterocycles. The lowest BCUT2D eigenvalue weighted by Gasteiger charge is -2.18. The Morgan fingerprint density at radius 3 is 2.50 bits per heavy atom. The van der Waals surface area contributed by atoms with Crippen molar-refractivity contribution in [2.24, 2.45) is 0 Å². The van der Waals surface area contributed by atoms with Crippen LogP contribution in [0.5, 0.6) is 5.75 Å². The van der Waals surface area contributed by atoms with Gasteiger partial charge >= 0.3 is 0 Å². The van der Waals surface area contributed by atoms with Gasteiger partial charge in [0.1, 0.15) is 17.3 Å². The number of hydrogen-bond donors (Lipinski definition) is 2. The van der Waals surface area contributed by atoms with Gasteiger partial charge in [0.05, 0.1) is 31.0 Å². The topological polar surface area (TPSA) is 115 Å². The Kier molecular flexibility index (Phi) is 8.03. The summed E-state index contributed by atoms with van der Waals surface area (Å²) >= 11 is 0. The summed E-state index contributed by atoms with van der Waals surface area (Å²) in [5, 5.41) is 5.51. The highest BCUT2D eigenvalue weighted by atomic mass is 19.1. The molecule has 0 radical (unpaired) electrons. The van der Waals surface area contributed by atoms with Crippen LogP contribution in [-0.2, 0) is 11.3 Å². The lowest BCUT2D eigenvalue weighted by molar-refractivity contribution is -0.117. The fourth-order valence-electron chi connectivity index (χ4n) is 3.84. The number of aromatic nitrogens is 3. The molecule has 0 fully saturated rings. The van der Waals surface area contributed by atoms with Gasteiger partial charge < -0.3 is 19.9 Å². The lowest BCUT2D eigenvalue weighted by Crippen LogP contribution is -2.37. The van der Waals surface area contributed by atoms with E-state index in [1.165, 1.54) is 48.2 Å². The molecule has 38 heavy (non-hydrogen) atoms. The highest BCUT2D eigenvalue weighted by Crippen LogP contribution is 2.29. The quantitative estimate of drug-likeness (QED) is 0.329. The average Bonchev–Trinajstić information content (AvgIpc) is 2.95. The van der Waals surface area contributed by atoms with Crippen LogP contribution in [0.25, 0.3) is 11.3 Å². The fourth-order valence-corrected chi connectivity index (χ4v) is 3.84. The van der Waals surface area contributed by atoms with E-state index >= 15 is 0 Å². The van der Waals surface area contributed by atoms with Crippen molar-refractivity contribution in [1.82, 2.24) is 19.9 Å². The molecule has 3 aromatic heterocycles. The Hall–Kier alpha value is -4.70. The molecule has 0 aliphatic heterocycles. The zero-order chi connectivity index (χ0) is 27.2. The zero-order valence-corrected chi connectivity index (χ0v) is 21.1. The number of nitrogens with zero attached hydrogens (tertiary/aromatic N) is 3. The number of nitrogens with one attached hydrogen (secondary N) is 2. The first-order chi connectivity index (χ1) is 18.3. The summed E-state index contributed by atoms with van der Waals surface area (Å²) in [6, 6.07) is 11.3. The molecule has 0 aliphatic rings. The standard InChI is InChI=1S/C28H26FN5O4/c1-17(30-2)27(36)33-23-8-9-24(22-15-31-11-10-25(22)38-3)34(28(23)37)16-18-12-20(14-32-13-18)26(35)19-4-6-21(29)7-5-19/h4-15,17,30H,16H2,1-3H3,(H,33,36)/t17-/m0/s1. The van der Waals surface area contributed by atoms with Gasteiger partial charge in [0.15, 0.2) is 5.78 Å². The predicted molar refractivity (Wildman–Crippen MR) is 141 cm³/mol. The summed E-state index contributed by atoms with van der Waals surface area (Å²) < 4.78 is 20.2. The van der Waals surface area contributed by atoms with Gasteiger partial charge in [0.2, 0.25) is 5.91 Å². The molecule has 0 unspecified atom stereocenters. The van der Waals surface area contributed by atoms with E-state index in [2.05, 4.69) is 20.6 Å². The largest absolute Gasteiger partial charge is 0.496 e. The van der Waals surface area contributed by atoms with Crippen molar-refractivity contribution >= 4 is 17.4 Å². The number of pyridine rings is 3. The summed E-state index contributed by atoms with van der Waals surface area (Å²) in [6.45, 7) is 1.72. The molecule has 1 amide bonds. The van der Waals surface area contributed by atoms with Gasteiger partial charge in [-0.1, -0.05) is 0 Å². The van der Waals surface area contributed by atoms with Crippen molar-refractivity contribution in [3.8, 4) is 17.0 Å². The second-order valence-corrected chi connectivity index (χ2v) is 8.52. The minimum atomic E-state index is -0.515. The van der Waals surface area contributed by atoms with Gasteiger partial charge in [0.25, 0.3) is 5.56 Å². The average molecular weight is 516 g/mol. The molecule has 1 aromatic carbocycles. The number of hydrogen-bond acceptors (Lipinski definition) is 7. The van der Waals surface area contributed by atoms with Crippen molar-refractivity contribution in [3.05, 3.63) is 106 Å². The smallest absolute Gasteiger partial charge is 0.275 e. The highest BCUT2D eigenvalue weighted by Gasteiger charge is 2.19. The van der Waals surface area contributed by atoms with Crippen molar-refractivity contribution in [2.45, 2.75) is 19.5 Å². The first-order valence-electron chi connectivity index (χ1n) is 11.8.